The zero-order valence-electron chi connectivity index (χ0n) is 46.6. The molecule has 17 rings (SSSR count). The third kappa shape index (κ3) is 6.15. The number of ether oxygens (including phenoxy) is 1. The molecule has 81 heavy (non-hydrogen) atoms. The van der Waals surface area contributed by atoms with Crippen LogP contribution in [-0.4, -0.2) is 4.57 Å². The molecule has 0 atom stereocenters. The van der Waals surface area contributed by atoms with Gasteiger partial charge in [0, 0.05) is 77.2 Å². The molecule has 0 bridgehead atoms. The molecular formula is C77H58N2O2. The van der Waals surface area contributed by atoms with Crippen LogP contribution in [0.25, 0.3) is 105 Å². The topological polar surface area (TPSA) is 30.5 Å². The normalized spacial score (nSPS) is 15.2. The van der Waals surface area contributed by atoms with E-state index >= 15 is 0 Å². The van der Waals surface area contributed by atoms with Gasteiger partial charge in [-0.05, 0) is 158 Å². The van der Waals surface area contributed by atoms with Crippen molar-refractivity contribution in [3.8, 4) is 67.1 Å². The van der Waals surface area contributed by atoms with Crippen LogP contribution in [0.1, 0.15) is 86.1 Å². The highest BCUT2D eigenvalue weighted by Gasteiger charge is 2.49. The van der Waals surface area contributed by atoms with Gasteiger partial charge in [-0.3, -0.25) is 0 Å². The Morgan fingerprint density at radius 2 is 1.02 bits per heavy atom. The van der Waals surface area contributed by atoms with Crippen LogP contribution in [0.4, 0.5) is 17.1 Å². The van der Waals surface area contributed by atoms with Crippen LogP contribution in [0.15, 0.2) is 217 Å². The van der Waals surface area contributed by atoms with Gasteiger partial charge >= 0.3 is 0 Å². The molecular weight excluding hydrogens is 985 g/mol. The lowest BCUT2D eigenvalue weighted by Gasteiger charge is -2.32. The minimum absolute atomic E-state index is 0.237. The van der Waals surface area contributed by atoms with E-state index in [-0.39, 0.29) is 16.2 Å². The molecule has 11 aromatic carbocycles. The van der Waals surface area contributed by atoms with Crippen molar-refractivity contribution in [1.82, 2.24) is 4.57 Å². The summed E-state index contributed by atoms with van der Waals surface area (Å²) in [7, 11) is 0. The molecule has 0 fully saturated rings. The van der Waals surface area contributed by atoms with Gasteiger partial charge in [0.2, 0.25) is 0 Å². The highest BCUT2D eigenvalue weighted by Crippen LogP contribution is 2.65. The summed E-state index contributed by atoms with van der Waals surface area (Å²) in [6.45, 7) is 17.3. The molecule has 0 radical (unpaired) electrons. The summed E-state index contributed by atoms with van der Waals surface area (Å²) >= 11 is 0. The molecule has 0 amide bonds. The molecule has 3 aliphatic carbocycles. The van der Waals surface area contributed by atoms with Crippen LogP contribution in [0.2, 0.25) is 0 Å². The van der Waals surface area contributed by atoms with Gasteiger partial charge in [-0.1, -0.05) is 187 Å². The van der Waals surface area contributed by atoms with Crippen molar-refractivity contribution < 1.29 is 9.15 Å². The molecule has 388 valence electrons. The molecule has 0 spiro atoms. The lowest BCUT2D eigenvalue weighted by atomic mass is 9.72. The molecule has 2 aromatic heterocycles. The predicted molar refractivity (Wildman–Crippen MR) is 335 cm³/mol. The van der Waals surface area contributed by atoms with Gasteiger partial charge < -0.3 is 18.6 Å². The lowest BCUT2D eigenvalue weighted by Crippen LogP contribution is -2.24. The Balaban J connectivity index is 0.854. The number of aromatic nitrogens is 1. The van der Waals surface area contributed by atoms with Crippen LogP contribution in [-0.2, 0) is 22.9 Å². The predicted octanol–water partition coefficient (Wildman–Crippen LogP) is 20.6. The van der Waals surface area contributed by atoms with Gasteiger partial charge in [-0.15, -0.1) is 0 Å². The number of hydrogen-bond acceptors (Lipinski definition) is 3. The Bertz CT molecular complexity index is 4910. The maximum atomic E-state index is 7.07. The summed E-state index contributed by atoms with van der Waals surface area (Å²) in [6.07, 6.45) is 0. The van der Waals surface area contributed by atoms with Crippen molar-refractivity contribution in [3.05, 3.63) is 257 Å². The van der Waals surface area contributed by atoms with Crippen LogP contribution in [0, 0.1) is 6.92 Å². The molecule has 0 N–H and O–H groups in total. The minimum atomic E-state index is -0.371. The highest BCUT2D eigenvalue weighted by atomic mass is 16.5. The fraction of sp³-hybridized carbons (Fsp3) is 0.143. The monoisotopic (exact) mass is 1040 g/mol. The van der Waals surface area contributed by atoms with E-state index in [4.69, 9.17) is 9.15 Å². The van der Waals surface area contributed by atoms with Crippen molar-refractivity contribution in [3.63, 3.8) is 0 Å². The van der Waals surface area contributed by atoms with Gasteiger partial charge in [0.25, 0.3) is 0 Å². The molecule has 4 heteroatoms. The molecule has 13 aromatic rings. The van der Waals surface area contributed by atoms with Gasteiger partial charge in [0.05, 0.1) is 11.0 Å². The molecule has 0 saturated heterocycles. The van der Waals surface area contributed by atoms with E-state index in [0.29, 0.717) is 6.61 Å². The summed E-state index contributed by atoms with van der Waals surface area (Å²) in [6, 6.07) is 79.1. The second-order valence-electron chi connectivity index (χ2n) is 24.8. The average Bonchev–Trinajstić information content (AvgIpc) is 3.74. The van der Waals surface area contributed by atoms with E-state index in [1.165, 1.54) is 122 Å². The Kier molecular flexibility index (Phi) is 9.27. The number of furan rings is 1. The summed E-state index contributed by atoms with van der Waals surface area (Å²) in [5, 5.41) is 4.86. The molecule has 0 saturated carbocycles. The highest BCUT2D eigenvalue weighted by molar-refractivity contribution is 6.21. The largest absolute Gasteiger partial charge is 0.488 e. The van der Waals surface area contributed by atoms with Gasteiger partial charge in [0.15, 0.2) is 0 Å². The number of anilines is 3. The molecule has 4 nitrogen and oxygen atoms in total. The number of aryl methyl sites for hydroxylation is 1. The summed E-state index contributed by atoms with van der Waals surface area (Å²) in [5.74, 6) is 0.948. The first-order valence-electron chi connectivity index (χ1n) is 28.7. The van der Waals surface area contributed by atoms with E-state index in [0.717, 1.165) is 50.8 Å². The first kappa shape index (κ1) is 46.5. The summed E-state index contributed by atoms with van der Waals surface area (Å²) in [5.41, 5.74) is 30.7. The quantitative estimate of drug-likeness (QED) is 0.172. The summed E-state index contributed by atoms with van der Waals surface area (Å²) in [4.78, 5) is 2.49. The summed E-state index contributed by atoms with van der Waals surface area (Å²) < 4.78 is 16.5. The van der Waals surface area contributed by atoms with Crippen LogP contribution >= 0.6 is 0 Å². The van der Waals surface area contributed by atoms with Crippen molar-refractivity contribution in [2.75, 3.05) is 4.90 Å². The minimum Gasteiger partial charge on any atom is -0.488 e. The molecule has 1 aliphatic heterocycles. The van der Waals surface area contributed by atoms with Crippen LogP contribution in [0.3, 0.4) is 0 Å². The van der Waals surface area contributed by atoms with E-state index in [1.807, 2.05) is 0 Å². The fourth-order valence-electron chi connectivity index (χ4n) is 15.4. The SMILES string of the molecule is Cc1ccc(N(c2ccc3c(c2)C(C)(C)c2cc(-c4ccc5c6ccccc6n(-c6ccccc6)c5c4)c4c(c2-3)-c2ccccc2CO4)c2ccc3c(c2)C(C)(C)c2c4c(c5oc6ccccc6c5c2-3)-c2ccccc2C4(C)C)cc1. The first-order chi connectivity index (χ1) is 39.4. The van der Waals surface area contributed by atoms with E-state index < -0.39 is 0 Å². The third-order valence-electron chi connectivity index (χ3n) is 19.3. The Labute approximate surface area is 472 Å². The number of hydrogen-bond donors (Lipinski definition) is 0. The Morgan fingerprint density at radius 3 is 1.81 bits per heavy atom. The van der Waals surface area contributed by atoms with Crippen LogP contribution < -0.4 is 9.64 Å². The average molecular weight is 1040 g/mol. The Hall–Kier alpha value is -9.38. The lowest BCUT2D eigenvalue weighted by molar-refractivity contribution is 0.303. The number of para-hydroxylation sites is 3. The number of nitrogens with zero attached hydrogens (tertiary/aromatic N) is 2. The van der Waals surface area contributed by atoms with Gasteiger partial charge in [0.1, 0.15) is 23.5 Å². The first-order valence-corrected chi connectivity index (χ1v) is 28.7. The maximum Gasteiger partial charge on any atom is 0.144 e. The smallest absolute Gasteiger partial charge is 0.144 e. The van der Waals surface area contributed by atoms with E-state index in [1.54, 1.807) is 0 Å². The zero-order chi connectivity index (χ0) is 54.4. The van der Waals surface area contributed by atoms with Crippen molar-refractivity contribution in [2.24, 2.45) is 0 Å². The maximum absolute atomic E-state index is 7.07. The second kappa shape index (κ2) is 16.1. The van der Waals surface area contributed by atoms with Crippen LogP contribution in [0.5, 0.6) is 5.75 Å². The molecule has 0 unspecified atom stereocenters. The third-order valence-corrected chi connectivity index (χ3v) is 19.3. The standard InChI is InChI=1S/C77H58N2O2/c1-44-29-32-48(33-30-44)78(50-35-38-56-61(41-50)77(6,7)71-67(56)69-57-25-15-18-28-65(57)81-74(69)70-54-24-13-16-26-59(54)76(4,5)72(70)71)49-34-37-55-60(40-49)75(2,3)62-42-58(73-68(66(55)62)51-22-12-11-19-46(51)43-80-73)45-31-36-53-52-23-14-17-27-63(52)79(64(53)39-45)47-20-9-8-10-21-47/h8-42H,43H2,1-7H3. The number of rotatable bonds is 5. The van der Waals surface area contributed by atoms with E-state index in [9.17, 15) is 0 Å². The molecule has 4 aliphatic rings. The number of fused-ring (bicyclic) bond motifs is 22. The van der Waals surface area contributed by atoms with Crippen molar-refractivity contribution in [1.29, 1.82) is 0 Å². The van der Waals surface area contributed by atoms with Gasteiger partial charge in [-0.25, -0.2) is 0 Å². The molecule has 3 heterocycles. The van der Waals surface area contributed by atoms with E-state index in [2.05, 4.69) is 270 Å². The van der Waals surface area contributed by atoms with Crippen molar-refractivity contribution >= 4 is 60.8 Å². The fourth-order valence-corrected chi connectivity index (χ4v) is 15.4. The Morgan fingerprint density at radius 1 is 0.420 bits per heavy atom. The number of benzene rings is 11. The van der Waals surface area contributed by atoms with Gasteiger partial charge in [-0.2, -0.15) is 0 Å². The second-order valence-corrected chi connectivity index (χ2v) is 24.8. The zero-order valence-corrected chi connectivity index (χ0v) is 46.6. The van der Waals surface area contributed by atoms with Crippen molar-refractivity contribution in [2.45, 2.75) is 71.3 Å².